The first-order chi connectivity index (χ1) is 7.70. The first-order valence-corrected chi connectivity index (χ1v) is 6.43. The Morgan fingerprint density at radius 2 is 2.19 bits per heavy atom. The third-order valence-electron chi connectivity index (χ3n) is 2.29. The summed E-state index contributed by atoms with van der Waals surface area (Å²) >= 11 is 7.78. The van der Waals surface area contributed by atoms with Gasteiger partial charge in [-0.2, -0.15) is 0 Å². The summed E-state index contributed by atoms with van der Waals surface area (Å²) in [5.74, 6) is 0.716. The summed E-state index contributed by atoms with van der Waals surface area (Å²) in [5, 5.41) is 11.3. The zero-order valence-corrected chi connectivity index (χ0v) is 10.8. The number of aromatic nitrogens is 4. The van der Waals surface area contributed by atoms with Gasteiger partial charge in [-0.25, -0.2) is 4.68 Å². The van der Waals surface area contributed by atoms with Crippen molar-refractivity contribution in [3.8, 4) is 0 Å². The first kappa shape index (κ1) is 11.5. The zero-order valence-electron chi connectivity index (χ0n) is 9.22. The Bertz CT molecular complexity index is 463. The van der Waals surface area contributed by atoms with Crippen molar-refractivity contribution in [3.05, 3.63) is 27.7 Å². The molecule has 6 heteroatoms. The van der Waals surface area contributed by atoms with Crippen molar-refractivity contribution in [2.45, 2.75) is 32.2 Å². The minimum atomic E-state index is -0.166. The topological polar surface area (TPSA) is 43.6 Å². The van der Waals surface area contributed by atoms with Crippen LogP contribution in [-0.4, -0.2) is 20.2 Å². The maximum absolute atomic E-state index is 5.99. The van der Waals surface area contributed by atoms with E-state index in [4.69, 9.17) is 11.6 Å². The van der Waals surface area contributed by atoms with Crippen LogP contribution in [0.3, 0.4) is 0 Å². The minimum Gasteiger partial charge on any atom is -0.223 e. The summed E-state index contributed by atoms with van der Waals surface area (Å²) in [6.07, 6.45) is 1.07. The summed E-state index contributed by atoms with van der Waals surface area (Å²) in [6, 6.07) is 4.27. The number of alkyl halides is 1. The van der Waals surface area contributed by atoms with Crippen LogP contribution in [0.25, 0.3) is 0 Å². The number of hydrogen-bond acceptors (Lipinski definition) is 4. The van der Waals surface area contributed by atoms with Crippen LogP contribution in [0.5, 0.6) is 0 Å². The fraction of sp³-hybridized carbons (Fsp3) is 0.500. The third kappa shape index (κ3) is 2.41. The summed E-state index contributed by atoms with van der Waals surface area (Å²) in [6.45, 7) is 4.72. The normalized spacial score (nSPS) is 12.9. The Labute approximate surface area is 103 Å². The van der Waals surface area contributed by atoms with Gasteiger partial charge in [0.1, 0.15) is 0 Å². The molecule has 2 rings (SSSR count). The Morgan fingerprint density at radius 3 is 2.81 bits per heavy atom. The van der Waals surface area contributed by atoms with E-state index in [1.807, 2.05) is 6.92 Å². The number of tetrazole rings is 1. The van der Waals surface area contributed by atoms with Crippen molar-refractivity contribution in [2.75, 3.05) is 0 Å². The molecule has 2 aromatic heterocycles. The van der Waals surface area contributed by atoms with E-state index in [0.29, 0.717) is 12.4 Å². The second kappa shape index (κ2) is 4.93. The maximum Gasteiger partial charge on any atom is 0.169 e. The number of thiophene rings is 1. The smallest absolute Gasteiger partial charge is 0.169 e. The highest BCUT2D eigenvalue weighted by atomic mass is 35.5. The van der Waals surface area contributed by atoms with Crippen molar-refractivity contribution < 1.29 is 0 Å². The van der Waals surface area contributed by atoms with Crippen LogP contribution in [0.4, 0.5) is 0 Å². The lowest BCUT2D eigenvalue weighted by Crippen LogP contribution is -2.06. The van der Waals surface area contributed by atoms with Crippen molar-refractivity contribution in [1.29, 1.82) is 0 Å². The molecule has 2 heterocycles. The van der Waals surface area contributed by atoms with Crippen LogP contribution in [0.15, 0.2) is 12.1 Å². The van der Waals surface area contributed by atoms with Crippen molar-refractivity contribution in [1.82, 2.24) is 20.2 Å². The molecule has 0 radical (unpaired) electrons. The lowest BCUT2D eigenvalue weighted by Gasteiger charge is -2.03. The van der Waals surface area contributed by atoms with E-state index in [-0.39, 0.29) is 5.38 Å². The van der Waals surface area contributed by atoms with E-state index < -0.39 is 0 Å². The number of halogens is 1. The predicted octanol–water partition coefficient (Wildman–Crippen LogP) is 2.65. The van der Waals surface area contributed by atoms with Crippen LogP contribution >= 0.6 is 22.9 Å². The monoisotopic (exact) mass is 256 g/mol. The van der Waals surface area contributed by atoms with Crippen LogP contribution in [-0.2, 0) is 13.0 Å². The maximum atomic E-state index is 5.99. The van der Waals surface area contributed by atoms with Gasteiger partial charge in [0.15, 0.2) is 5.82 Å². The molecule has 86 valence electrons. The van der Waals surface area contributed by atoms with Crippen molar-refractivity contribution in [2.24, 2.45) is 0 Å². The highest BCUT2D eigenvalue weighted by molar-refractivity contribution is 7.11. The van der Waals surface area contributed by atoms with Gasteiger partial charge in [-0.05, 0) is 35.9 Å². The molecule has 0 spiro atoms. The van der Waals surface area contributed by atoms with E-state index in [0.717, 1.165) is 6.42 Å². The fourth-order valence-electron chi connectivity index (χ4n) is 1.45. The summed E-state index contributed by atoms with van der Waals surface area (Å²) < 4.78 is 1.75. The summed E-state index contributed by atoms with van der Waals surface area (Å²) in [5.41, 5.74) is 0. The second-order valence-electron chi connectivity index (χ2n) is 3.53. The third-order valence-corrected chi connectivity index (χ3v) is 3.70. The van der Waals surface area contributed by atoms with E-state index in [9.17, 15) is 0 Å². The van der Waals surface area contributed by atoms with Gasteiger partial charge in [-0.3, -0.25) is 0 Å². The highest BCUT2D eigenvalue weighted by Crippen LogP contribution is 2.20. The molecule has 0 saturated heterocycles. The molecular weight excluding hydrogens is 244 g/mol. The predicted molar refractivity (Wildman–Crippen MR) is 64.9 cm³/mol. The molecule has 0 fully saturated rings. The lowest BCUT2D eigenvalue weighted by molar-refractivity contribution is 0.624. The molecule has 1 atom stereocenters. The average Bonchev–Trinajstić information content (AvgIpc) is 2.87. The molecule has 0 amide bonds. The molecule has 2 aromatic rings. The van der Waals surface area contributed by atoms with Crippen molar-refractivity contribution in [3.63, 3.8) is 0 Å². The van der Waals surface area contributed by atoms with Crippen LogP contribution in [0.2, 0.25) is 0 Å². The number of hydrogen-bond donors (Lipinski definition) is 0. The fourth-order valence-corrected chi connectivity index (χ4v) is 2.55. The molecule has 16 heavy (non-hydrogen) atoms. The lowest BCUT2D eigenvalue weighted by atomic mass is 10.3. The van der Waals surface area contributed by atoms with Gasteiger partial charge in [0.25, 0.3) is 0 Å². The second-order valence-corrected chi connectivity index (χ2v) is 5.44. The largest absolute Gasteiger partial charge is 0.223 e. The summed E-state index contributed by atoms with van der Waals surface area (Å²) in [4.78, 5) is 2.63. The van der Waals surface area contributed by atoms with E-state index >= 15 is 0 Å². The standard InChI is InChI=1S/C10H13ClN4S/c1-3-8-4-5-9(16-8)6-15-10(7(2)11)12-13-14-15/h4-5,7H,3,6H2,1-2H3. The minimum absolute atomic E-state index is 0.166. The SMILES string of the molecule is CCc1ccc(Cn2nnnc2C(C)Cl)s1. The zero-order chi connectivity index (χ0) is 11.5. The Morgan fingerprint density at radius 1 is 1.44 bits per heavy atom. The Hall–Kier alpha value is -0.940. The summed E-state index contributed by atoms with van der Waals surface area (Å²) in [7, 11) is 0. The molecule has 4 nitrogen and oxygen atoms in total. The van der Waals surface area contributed by atoms with Gasteiger partial charge in [-0.15, -0.1) is 28.0 Å². The molecule has 0 aromatic carbocycles. The number of nitrogens with zero attached hydrogens (tertiary/aromatic N) is 4. The van der Waals surface area contributed by atoms with Crippen molar-refractivity contribution >= 4 is 22.9 Å². The van der Waals surface area contributed by atoms with Gasteiger partial charge in [0.05, 0.1) is 11.9 Å². The van der Waals surface area contributed by atoms with E-state index in [2.05, 4.69) is 34.6 Å². The Balaban J connectivity index is 2.17. The number of aryl methyl sites for hydroxylation is 1. The van der Waals surface area contributed by atoms with Gasteiger partial charge in [0.2, 0.25) is 0 Å². The molecule has 0 N–H and O–H groups in total. The van der Waals surface area contributed by atoms with Gasteiger partial charge < -0.3 is 0 Å². The molecule has 0 saturated carbocycles. The van der Waals surface area contributed by atoms with Gasteiger partial charge in [0, 0.05) is 9.75 Å². The first-order valence-electron chi connectivity index (χ1n) is 5.18. The average molecular weight is 257 g/mol. The van der Waals surface area contributed by atoms with Gasteiger partial charge in [-0.1, -0.05) is 6.92 Å². The van der Waals surface area contributed by atoms with Crippen LogP contribution in [0.1, 0.15) is 34.8 Å². The number of rotatable bonds is 4. The molecular formula is C10H13ClN4S. The van der Waals surface area contributed by atoms with Gasteiger partial charge >= 0.3 is 0 Å². The Kier molecular flexibility index (Phi) is 3.56. The van der Waals surface area contributed by atoms with E-state index in [1.165, 1.54) is 9.75 Å². The molecule has 0 bridgehead atoms. The highest BCUT2D eigenvalue weighted by Gasteiger charge is 2.12. The molecule has 1 unspecified atom stereocenters. The van der Waals surface area contributed by atoms with E-state index in [1.54, 1.807) is 16.0 Å². The quantitative estimate of drug-likeness (QED) is 0.790. The molecule has 0 aliphatic heterocycles. The van der Waals surface area contributed by atoms with Crippen LogP contribution in [0, 0.1) is 0 Å². The molecule has 0 aliphatic carbocycles. The van der Waals surface area contributed by atoms with Crippen LogP contribution < -0.4 is 0 Å². The molecule has 0 aliphatic rings.